The third-order valence-corrected chi connectivity index (χ3v) is 2.07. The molecule has 7 heteroatoms. The number of carboxylic acid groups (broad SMARTS) is 1. The molecule has 0 atom stereocenters. The van der Waals surface area contributed by atoms with Crippen LogP contribution in [-0.2, 0) is 0 Å². The molecule has 7 nitrogen and oxygen atoms in total. The van der Waals surface area contributed by atoms with Crippen molar-refractivity contribution in [2.75, 3.05) is 6.61 Å². The van der Waals surface area contributed by atoms with Crippen LogP contribution in [0.4, 0.5) is 5.69 Å². The summed E-state index contributed by atoms with van der Waals surface area (Å²) in [6.07, 6.45) is 4.08. The van der Waals surface area contributed by atoms with E-state index in [1.54, 1.807) is 6.08 Å². The van der Waals surface area contributed by atoms with Gasteiger partial charge in [0.2, 0.25) is 5.88 Å². The molecule has 0 fully saturated rings. The minimum absolute atomic E-state index is 0.114. The van der Waals surface area contributed by atoms with Crippen molar-refractivity contribution in [3.8, 4) is 5.88 Å². The summed E-state index contributed by atoms with van der Waals surface area (Å²) in [7, 11) is 0. The molecular formula is C11H12N2O5. The molecule has 0 spiro atoms. The molecule has 0 aliphatic heterocycles. The topological polar surface area (TPSA) is 103 Å². The van der Waals surface area contributed by atoms with Crippen molar-refractivity contribution in [1.82, 2.24) is 4.98 Å². The number of ether oxygens (including phenoxy) is 1. The van der Waals surface area contributed by atoms with E-state index in [-0.39, 0.29) is 23.7 Å². The van der Waals surface area contributed by atoms with E-state index < -0.39 is 10.9 Å². The summed E-state index contributed by atoms with van der Waals surface area (Å²) in [6.45, 7) is 3.82. The summed E-state index contributed by atoms with van der Waals surface area (Å²) in [5.41, 5.74) is -0.700. The smallest absolute Gasteiger partial charge is 0.341 e. The van der Waals surface area contributed by atoms with Crippen LogP contribution >= 0.6 is 0 Å². The van der Waals surface area contributed by atoms with E-state index in [1.807, 2.05) is 0 Å². The fraction of sp³-hybridized carbons (Fsp3) is 0.273. The number of allylic oxidation sites excluding steroid dienone is 1. The molecule has 0 saturated heterocycles. The number of carbonyl (C=O) groups is 1. The molecule has 0 bridgehead atoms. The van der Waals surface area contributed by atoms with Gasteiger partial charge in [0, 0.05) is 6.07 Å². The zero-order valence-electron chi connectivity index (χ0n) is 9.54. The standard InChI is InChI=1S/C11H12N2O5/c1-2-3-4-5-18-10-9(11(14)15)6-8(7-12-10)13(16)17/h2,6-7H,1,3-5H2,(H,14,15). The summed E-state index contributed by atoms with van der Waals surface area (Å²) in [5.74, 6) is -1.43. The number of carboxylic acids is 1. The van der Waals surface area contributed by atoms with Crippen LogP contribution in [-0.4, -0.2) is 27.6 Å². The van der Waals surface area contributed by atoms with Crippen LogP contribution in [0.2, 0.25) is 0 Å². The van der Waals surface area contributed by atoms with E-state index in [4.69, 9.17) is 9.84 Å². The largest absolute Gasteiger partial charge is 0.477 e. The summed E-state index contributed by atoms with van der Waals surface area (Å²) >= 11 is 0. The van der Waals surface area contributed by atoms with Gasteiger partial charge >= 0.3 is 5.97 Å². The predicted molar refractivity (Wildman–Crippen MR) is 62.8 cm³/mol. The summed E-state index contributed by atoms with van der Waals surface area (Å²) in [6, 6.07) is 0.929. The number of unbranched alkanes of at least 4 members (excludes halogenated alkanes) is 1. The molecule has 1 aromatic rings. The van der Waals surface area contributed by atoms with Crippen molar-refractivity contribution in [1.29, 1.82) is 0 Å². The van der Waals surface area contributed by atoms with Crippen molar-refractivity contribution in [3.05, 3.63) is 40.6 Å². The minimum Gasteiger partial charge on any atom is -0.477 e. The number of pyridine rings is 1. The molecule has 18 heavy (non-hydrogen) atoms. The van der Waals surface area contributed by atoms with E-state index in [2.05, 4.69) is 11.6 Å². The quantitative estimate of drug-likeness (QED) is 0.344. The normalized spacial score (nSPS) is 9.78. The Balaban J connectivity index is 2.86. The number of hydrogen-bond acceptors (Lipinski definition) is 5. The van der Waals surface area contributed by atoms with Crippen molar-refractivity contribution in [3.63, 3.8) is 0 Å². The third kappa shape index (κ3) is 3.55. The Labute approximate surface area is 103 Å². The second kappa shape index (κ2) is 6.33. The molecule has 0 aliphatic rings. The van der Waals surface area contributed by atoms with Gasteiger partial charge in [0.25, 0.3) is 5.69 Å². The van der Waals surface area contributed by atoms with E-state index >= 15 is 0 Å². The van der Waals surface area contributed by atoms with Gasteiger partial charge in [-0.05, 0) is 12.8 Å². The Bertz CT molecular complexity index is 473. The SMILES string of the molecule is C=CCCCOc1ncc([N+](=O)[O-])cc1C(=O)O. The molecule has 0 amide bonds. The number of nitrogens with zero attached hydrogens (tertiary/aromatic N) is 2. The first-order chi connectivity index (χ1) is 8.56. The monoisotopic (exact) mass is 252 g/mol. The van der Waals surface area contributed by atoms with Crippen LogP contribution in [0.1, 0.15) is 23.2 Å². The number of aromatic carboxylic acids is 1. The molecule has 1 rings (SSSR count). The average Bonchev–Trinajstić information content (AvgIpc) is 2.34. The van der Waals surface area contributed by atoms with Gasteiger partial charge in [-0.25, -0.2) is 9.78 Å². The zero-order valence-corrected chi connectivity index (χ0v) is 9.54. The van der Waals surface area contributed by atoms with Crippen molar-refractivity contribution < 1.29 is 19.6 Å². The van der Waals surface area contributed by atoms with Crippen LogP contribution in [0, 0.1) is 10.1 Å². The first-order valence-electron chi connectivity index (χ1n) is 5.17. The highest BCUT2D eigenvalue weighted by Crippen LogP contribution is 2.21. The van der Waals surface area contributed by atoms with Crippen LogP contribution in [0.5, 0.6) is 5.88 Å². The van der Waals surface area contributed by atoms with Gasteiger partial charge in [0.15, 0.2) is 0 Å². The Morgan fingerprint density at radius 1 is 1.67 bits per heavy atom. The molecule has 0 aromatic carbocycles. The lowest BCUT2D eigenvalue weighted by Crippen LogP contribution is -2.07. The van der Waals surface area contributed by atoms with Gasteiger partial charge in [0.05, 0.1) is 11.5 Å². The molecule has 0 aliphatic carbocycles. The first-order valence-corrected chi connectivity index (χ1v) is 5.17. The Morgan fingerprint density at radius 2 is 2.39 bits per heavy atom. The number of hydrogen-bond donors (Lipinski definition) is 1. The highest BCUT2D eigenvalue weighted by atomic mass is 16.6. The van der Waals surface area contributed by atoms with Crippen molar-refractivity contribution in [2.24, 2.45) is 0 Å². The molecule has 96 valence electrons. The lowest BCUT2D eigenvalue weighted by Gasteiger charge is -2.06. The lowest BCUT2D eigenvalue weighted by atomic mass is 10.2. The van der Waals surface area contributed by atoms with Crippen LogP contribution in [0.25, 0.3) is 0 Å². The molecule has 1 aromatic heterocycles. The van der Waals surface area contributed by atoms with Gasteiger partial charge in [-0.3, -0.25) is 10.1 Å². The lowest BCUT2D eigenvalue weighted by molar-refractivity contribution is -0.385. The number of aromatic nitrogens is 1. The molecule has 0 radical (unpaired) electrons. The fourth-order valence-corrected chi connectivity index (χ4v) is 1.21. The van der Waals surface area contributed by atoms with Gasteiger partial charge in [-0.2, -0.15) is 0 Å². The zero-order chi connectivity index (χ0) is 13.5. The minimum atomic E-state index is -1.31. The predicted octanol–water partition coefficient (Wildman–Crippen LogP) is 2.03. The highest BCUT2D eigenvalue weighted by Gasteiger charge is 2.18. The van der Waals surface area contributed by atoms with Crippen LogP contribution in [0.15, 0.2) is 24.9 Å². The van der Waals surface area contributed by atoms with E-state index in [1.165, 1.54) is 0 Å². The Morgan fingerprint density at radius 3 is 2.94 bits per heavy atom. The average molecular weight is 252 g/mol. The highest BCUT2D eigenvalue weighted by molar-refractivity contribution is 5.90. The molecule has 0 unspecified atom stereocenters. The maximum atomic E-state index is 10.9. The number of nitro groups is 1. The Hall–Kier alpha value is -2.44. The van der Waals surface area contributed by atoms with E-state index in [0.29, 0.717) is 6.42 Å². The van der Waals surface area contributed by atoms with E-state index in [9.17, 15) is 14.9 Å². The molecule has 0 saturated carbocycles. The maximum Gasteiger partial charge on any atom is 0.341 e. The van der Waals surface area contributed by atoms with Crippen LogP contribution < -0.4 is 4.74 Å². The first kappa shape index (κ1) is 13.6. The maximum absolute atomic E-state index is 10.9. The fourth-order valence-electron chi connectivity index (χ4n) is 1.21. The second-order valence-electron chi connectivity index (χ2n) is 3.39. The molecule has 1 heterocycles. The molecule has 1 N–H and O–H groups in total. The van der Waals surface area contributed by atoms with E-state index in [0.717, 1.165) is 18.7 Å². The summed E-state index contributed by atoms with van der Waals surface area (Å²) < 4.78 is 5.17. The van der Waals surface area contributed by atoms with Gasteiger partial charge in [-0.1, -0.05) is 6.08 Å². The Kier molecular flexibility index (Phi) is 4.79. The summed E-state index contributed by atoms with van der Waals surface area (Å²) in [5, 5.41) is 19.4. The van der Waals surface area contributed by atoms with Crippen molar-refractivity contribution in [2.45, 2.75) is 12.8 Å². The van der Waals surface area contributed by atoms with Crippen LogP contribution in [0.3, 0.4) is 0 Å². The molecular weight excluding hydrogens is 240 g/mol. The van der Waals surface area contributed by atoms with Gasteiger partial charge in [-0.15, -0.1) is 6.58 Å². The van der Waals surface area contributed by atoms with Crippen molar-refractivity contribution >= 4 is 11.7 Å². The van der Waals surface area contributed by atoms with Gasteiger partial charge < -0.3 is 9.84 Å². The second-order valence-corrected chi connectivity index (χ2v) is 3.39. The number of rotatable bonds is 7. The third-order valence-electron chi connectivity index (χ3n) is 2.07. The summed E-state index contributed by atoms with van der Waals surface area (Å²) in [4.78, 5) is 24.4. The van der Waals surface area contributed by atoms with Gasteiger partial charge in [0.1, 0.15) is 11.8 Å².